The lowest BCUT2D eigenvalue weighted by Gasteiger charge is -2.15. The van der Waals surface area contributed by atoms with Crippen molar-refractivity contribution in [2.24, 2.45) is 0 Å². The highest BCUT2D eigenvalue weighted by Gasteiger charge is 2.23. The normalized spacial score (nSPS) is 19.1. The van der Waals surface area contributed by atoms with Gasteiger partial charge < -0.3 is 0 Å². The van der Waals surface area contributed by atoms with Gasteiger partial charge in [-0.05, 0) is 19.8 Å². The van der Waals surface area contributed by atoms with Crippen molar-refractivity contribution in [1.29, 1.82) is 0 Å². The molecule has 0 aliphatic heterocycles. The highest BCUT2D eigenvalue weighted by molar-refractivity contribution is 7.89. The van der Waals surface area contributed by atoms with E-state index in [0.29, 0.717) is 5.69 Å². The fourth-order valence-corrected chi connectivity index (χ4v) is 3.73. The van der Waals surface area contributed by atoms with Crippen molar-refractivity contribution < 1.29 is 8.42 Å². The van der Waals surface area contributed by atoms with Crippen molar-refractivity contribution in [3.05, 3.63) is 11.9 Å². The van der Waals surface area contributed by atoms with Crippen LogP contribution in [0.2, 0.25) is 0 Å². The quantitative estimate of drug-likeness (QED) is 0.810. The van der Waals surface area contributed by atoms with Gasteiger partial charge in [0.15, 0.2) is 0 Å². The van der Waals surface area contributed by atoms with Gasteiger partial charge in [0.1, 0.15) is 4.90 Å². The molecule has 6 heteroatoms. The zero-order valence-corrected chi connectivity index (χ0v) is 10.9. The minimum atomic E-state index is -3.41. The number of sulfonamides is 1. The van der Waals surface area contributed by atoms with Crippen LogP contribution in [0, 0.1) is 6.92 Å². The Morgan fingerprint density at radius 1 is 1.29 bits per heavy atom. The standard InChI is InChI=1S/C11H19N3O2S/c1-9-11(8-12-13-9)17(15,16)14-10-6-4-2-3-5-7-10/h8,10,14H,2-7H2,1H3,(H,12,13). The maximum Gasteiger partial charge on any atom is 0.244 e. The fourth-order valence-electron chi connectivity index (χ4n) is 2.29. The molecule has 0 bridgehead atoms. The SMILES string of the molecule is Cc1[nH]ncc1S(=O)(=O)NC1CCCCCC1. The number of aryl methyl sites for hydroxylation is 1. The summed E-state index contributed by atoms with van der Waals surface area (Å²) in [7, 11) is -3.41. The average Bonchev–Trinajstić information content (AvgIpc) is 2.55. The molecule has 96 valence electrons. The molecule has 2 rings (SSSR count). The smallest absolute Gasteiger partial charge is 0.244 e. The summed E-state index contributed by atoms with van der Waals surface area (Å²) >= 11 is 0. The lowest BCUT2D eigenvalue weighted by Crippen LogP contribution is -2.34. The molecule has 1 heterocycles. The van der Waals surface area contributed by atoms with Gasteiger partial charge in [0.05, 0.1) is 11.9 Å². The van der Waals surface area contributed by atoms with Crippen molar-refractivity contribution in [3.63, 3.8) is 0 Å². The first-order valence-electron chi connectivity index (χ1n) is 6.12. The van der Waals surface area contributed by atoms with Gasteiger partial charge in [-0.3, -0.25) is 5.10 Å². The van der Waals surface area contributed by atoms with Crippen LogP contribution in [0.25, 0.3) is 0 Å². The molecule has 0 radical (unpaired) electrons. The van der Waals surface area contributed by atoms with E-state index in [1.807, 2.05) is 0 Å². The van der Waals surface area contributed by atoms with Crippen molar-refractivity contribution in [3.8, 4) is 0 Å². The number of nitrogens with zero attached hydrogens (tertiary/aromatic N) is 1. The number of H-pyrrole nitrogens is 1. The maximum atomic E-state index is 12.1. The molecule has 1 saturated carbocycles. The molecule has 0 aromatic carbocycles. The van der Waals surface area contributed by atoms with E-state index in [1.54, 1.807) is 6.92 Å². The molecule has 5 nitrogen and oxygen atoms in total. The third-order valence-corrected chi connectivity index (χ3v) is 4.88. The van der Waals surface area contributed by atoms with E-state index in [9.17, 15) is 8.42 Å². The first-order valence-corrected chi connectivity index (χ1v) is 7.60. The Labute approximate surface area is 102 Å². The van der Waals surface area contributed by atoms with Crippen LogP contribution in [-0.4, -0.2) is 24.7 Å². The topological polar surface area (TPSA) is 74.8 Å². The van der Waals surface area contributed by atoms with Crippen molar-refractivity contribution in [1.82, 2.24) is 14.9 Å². The molecule has 17 heavy (non-hydrogen) atoms. The van der Waals surface area contributed by atoms with Crippen LogP contribution in [0.4, 0.5) is 0 Å². The molecule has 2 N–H and O–H groups in total. The highest BCUT2D eigenvalue weighted by Crippen LogP contribution is 2.20. The van der Waals surface area contributed by atoms with Gasteiger partial charge in [-0.2, -0.15) is 5.10 Å². The van der Waals surface area contributed by atoms with E-state index in [2.05, 4.69) is 14.9 Å². The molecular formula is C11H19N3O2S. The van der Waals surface area contributed by atoms with Crippen LogP contribution < -0.4 is 4.72 Å². The second kappa shape index (κ2) is 5.18. The molecule has 1 aliphatic rings. The second-order valence-electron chi connectivity index (χ2n) is 4.67. The molecule has 1 aromatic heterocycles. The van der Waals surface area contributed by atoms with Gasteiger partial charge in [-0.15, -0.1) is 0 Å². The Kier molecular flexibility index (Phi) is 3.83. The number of rotatable bonds is 3. The van der Waals surface area contributed by atoms with Crippen LogP contribution in [0.1, 0.15) is 44.2 Å². The first-order chi connectivity index (χ1) is 8.09. The summed E-state index contributed by atoms with van der Waals surface area (Å²) in [4.78, 5) is 0.266. The van der Waals surface area contributed by atoms with Gasteiger partial charge >= 0.3 is 0 Å². The van der Waals surface area contributed by atoms with Crippen molar-refractivity contribution >= 4 is 10.0 Å². The molecule has 0 spiro atoms. The molecule has 1 aromatic rings. The third-order valence-electron chi connectivity index (χ3n) is 3.25. The summed E-state index contributed by atoms with van der Waals surface area (Å²) < 4.78 is 27.0. The third kappa shape index (κ3) is 3.07. The van der Waals surface area contributed by atoms with Gasteiger partial charge in [-0.1, -0.05) is 25.7 Å². The summed E-state index contributed by atoms with van der Waals surface area (Å²) in [5.74, 6) is 0. The first kappa shape index (κ1) is 12.6. The molecule has 0 atom stereocenters. The number of hydrogen-bond acceptors (Lipinski definition) is 3. The van der Waals surface area contributed by atoms with E-state index >= 15 is 0 Å². The molecule has 0 saturated heterocycles. The van der Waals surface area contributed by atoms with Gasteiger partial charge in [0.2, 0.25) is 10.0 Å². The van der Waals surface area contributed by atoms with Crippen LogP contribution in [0.3, 0.4) is 0 Å². The summed E-state index contributed by atoms with van der Waals surface area (Å²) in [6, 6.07) is 0.0804. The van der Waals surface area contributed by atoms with Crippen LogP contribution in [0.15, 0.2) is 11.1 Å². The van der Waals surface area contributed by atoms with E-state index in [1.165, 1.54) is 19.0 Å². The summed E-state index contributed by atoms with van der Waals surface area (Å²) in [6.07, 6.45) is 7.89. The molecule has 0 unspecified atom stereocenters. The zero-order valence-electron chi connectivity index (χ0n) is 10.1. The lowest BCUT2D eigenvalue weighted by molar-refractivity contribution is 0.509. The highest BCUT2D eigenvalue weighted by atomic mass is 32.2. The van der Waals surface area contributed by atoms with E-state index < -0.39 is 10.0 Å². The predicted octanol–water partition coefficient (Wildman–Crippen LogP) is 1.72. The molecular weight excluding hydrogens is 238 g/mol. The minimum absolute atomic E-state index is 0.0804. The zero-order chi connectivity index (χ0) is 12.3. The summed E-state index contributed by atoms with van der Waals surface area (Å²) in [5.41, 5.74) is 0.589. The van der Waals surface area contributed by atoms with Crippen molar-refractivity contribution in [2.45, 2.75) is 56.4 Å². The largest absolute Gasteiger partial charge is 0.281 e. The van der Waals surface area contributed by atoms with E-state index in [-0.39, 0.29) is 10.9 Å². The summed E-state index contributed by atoms with van der Waals surface area (Å²) in [5, 5.41) is 6.41. The van der Waals surface area contributed by atoms with Crippen LogP contribution in [-0.2, 0) is 10.0 Å². The number of hydrogen-bond donors (Lipinski definition) is 2. The second-order valence-corrected chi connectivity index (χ2v) is 6.35. The van der Waals surface area contributed by atoms with Crippen LogP contribution >= 0.6 is 0 Å². The van der Waals surface area contributed by atoms with Gasteiger partial charge in [0.25, 0.3) is 0 Å². The Bertz CT molecular complexity index is 459. The summed E-state index contributed by atoms with van der Waals surface area (Å²) in [6.45, 7) is 1.72. The Morgan fingerprint density at radius 2 is 1.94 bits per heavy atom. The Morgan fingerprint density at radius 3 is 2.47 bits per heavy atom. The van der Waals surface area contributed by atoms with Crippen LogP contribution in [0.5, 0.6) is 0 Å². The monoisotopic (exact) mass is 257 g/mol. The fraction of sp³-hybridized carbons (Fsp3) is 0.727. The molecule has 1 aliphatic carbocycles. The Balaban J connectivity index is 2.09. The van der Waals surface area contributed by atoms with E-state index in [0.717, 1.165) is 25.7 Å². The maximum absolute atomic E-state index is 12.1. The lowest BCUT2D eigenvalue weighted by atomic mass is 10.1. The molecule has 1 fully saturated rings. The predicted molar refractivity (Wildman–Crippen MR) is 65.1 cm³/mol. The van der Waals surface area contributed by atoms with Crippen molar-refractivity contribution in [2.75, 3.05) is 0 Å². The number of aromatic nitrogens is 2. The van der Waals surface area contributed by atoms with Gasteiger partial charge in [-0.25, -0.2) is 13.1 Å². The average molecular weight is 257 g/mol. The number of nitrogens with one attached hydrogen (secondary N) is 2. The minimum Gasteiger partial charge on any atom is -0.281 e. The van der Waals surface area contributed by atoms with E-state index in [4.69, 9.17) is 0 Å². The van der Waals surface area contributed by atoms with Gasteiger partial charge in [0, 0.05) is 6.04 Å². The number of aromatic amines is 1. The molecule has 0 amide bonds. The Hall–Kier alpha value is -0.880.